The van der Waals surface area contributed by atoms with Crippen molar-refractivity contribution in [1.29, 1.82) is 0 Å². The fraction of sp³-hybridized carbons (Fsp3) is 0.250. The van der Waals surface area contributed by atoms with Crippen LogP contribution in [-0.4, -0.2) is 16.9 Å². The van der Waals surface area contributed by atoms with Gasteiger partial charge in [-0.15, -0.1) is 0 Å². The van der Waals surface area contributed by atoms with Crippen molar-refractivity contribution in [2.24, 2.45) is 7.05 Å². The van der Waals surface area contributed by atoms with Crippen LogP contribution in [0.15, 0.2) is 30.5 Å². The van der Waals surface area contributed by atoms with Crippen molar-refractivity contribution in [3.63, 3.8) is 0 Å². The van der Waals surface area contributed by atoms with Gasteiger partial charge in [0.25, 0.3) is 0 Å². The van der Waals surface area contributed by atoms with Crippen LogP contribution in [0.5, 0.6) is 5.75 Å². The monoisotopic (exact) mass is 232 g/mol. The quantitative estimate of drug-likeness (QED) is 0.786. The Bertz CT molecular complexity index is 507. The summed E-state index contributed by atoms with van der Waals surface area (Å²) in [4.78, 5) is 0. The Morgan fingerprint density at radius 1 is 1.41 bits per heavy atom. The number of nitrogens with one attached hydrogen (secondary N) is 1. The Hall–Kier alpha value is -2.17. The van der Waals surface area contributed by atoms with Crippen molar-refractivity contribution in [3.8, 4) is 5.75 Å². The molecule has 0 aliphatic heterocycles. The molecule has 0 radical (unpaired) electrons. The van der Waals surface area contributed by atoms with E-state index < -0.39 is 0 Å². The summed E-state index contributed by atoms with van der Waals surface area (Å²) in [5.74, 6) is 0.677. The average molecular weight is 232 g/mol. The highest BCUT2D eigenvalue weighted by Gasteiger charge is 2.05. The number of methoxy groups -OCH3 is 1. The number of hydrogen-bond acceptors (Lipinski definition) is 4. The Balaban J connectivity index is 2.09. The third-order valence-corrected chi connectivity index (χ3v) is 2.51. The molecule has 90 valence electrons. The summed E-state index contributed by atoms with van der Waals surface area (Å²) in [5, 5.41) is 7.52. The molecule has 0 aliphatic rings. The number of hydrogen-bond donors (Lipinski definition) is 2. The van der Waals surface area contributed by atoms with E-state index in [1.165, 1.54) is 0 Å². The Kier molecular flexibility index (Phi) is 3.18. The van der Waals surface area contributed by atoms with E-state index in [2.05, 4.69) is 10.4 Å². The summed E-state index contributed by atoms with van der Waals surface area (Å²) in [6.07, 6.45) is 1.91. The van der Waals surface area contributed by atoms with Gasteiger partial charge < -0.3 is 15.8 Å². The van der Waals surface area contributed by atoms with Crippen molar-refractivity contribution < 1.29 is 4.74 Å². The first-order valence-corrected chi connectivity index (χ1v) is 5.35. The van der Waals surface area contributed by atoms with Crippen LogP contribution in [0.4, 0.5) is 11.4 Å². The maximum atomic E-state index is 5.95. The Labute approximate surface area is 100 Å². The third kappa shape index (κ3) is 2.50. The van der Waals surface area contributed by atoms with E-state index in [9.17, 15) is 0 Å². The summed E-state index contributed by atoms with van der Waals surface area (Å²) in [5.41, 5.74) is 8.39. The van der Waals surface area contributed by atoms with Gasteiger partial charge >= 0.3 is 0 Å². The molecule has 0 bridgehead atoms. The second kappa shape index (κ2) is 4.78. The summed E-state index contributed by atoms with van der Waals surface area (Å²) < 4.78 is 6.93. The lowest BCUT2D eigenvalue weighted by Crippen LogP contribution is -2.04. The van der Waals surface area contributed by atoms with E-state index >= 15 is 0 Å². The third-order valence-electron chi connectivity index (χ3n) is 2.51. The van der Waals surface area contributed by atoms with Gasteiger partial charge in [-0.1, -0.05) is 6.07 Å². The van der Waals surface area contributed by atoms with Crippen LogP contribution in [-0.2, 0) is 13.6 Å². The van der Waals surface area contributed by atoms with Crippen LogP contribution >= 0.6 is 0 Å². The van der Waals surface area contributed by atoms with Crippen molar-refractivity contribution in [3.05, 3.63) is 36.2 Å². The van der Waals surface area contributed by atoms with Gasteiger partial charge in [-0.25, -0.2) is 0 Å². The number of nitrogen functional groups attached to an aromatic ring is 1. The first-order chi connectivity index (χ1) is 8.20. The van der Waals surface area contributed by atoms with Gasteiger partial charge in [-0.2, -0.15) is 5.10 Å². The molecule has 0 aliphatic carbocycles. The lowest BCUT2D eigenvalue weighted by Gasteiger charge is -2.11. The highest BCUT2D eigenvalue weighted by molar-refractivity contribution is 5.72. The summed E-state index contributed by atoms with van der Waals surface area (Å²) in [7, 11) is 3.50. The molecular formula is C12H16N4O. The van der Waals surface area contributed by atoms with Crippen molar-refractivity contribution in [1.82, 2.24) is 9.78 Å². The zero-order valence-corrected chi connectivity index (χ0v) is 9.97. The number of para-hydroxylation sites is 1. The van der Waals surface area contributed by atoms with Crippen LogP contribution in [0, 0.1) is 0 Å². The minimum atomic E-state index is 0.617. The predicted molar refractivity (Wildman–Crippen MR) is 67.9 cm³/mol. The standard InChI is InChI=1S/C12H16N4O/c1-16-7-6-9(15-16)8-14-10-4-3-5-11(17-2)12(10)13/h3-7,14H,8,13H2,1-2H3. The van der Waals surface area contributed by atoms with Crippen LogP contribution in [0.25, 0.3) is 0 Å². The average Bonchev–Trinajstić information content (AvgIpc) is 2.74. The zero-order valence-electron chi connectivity index (χ0n) is 9.97. The van der Waals surface area contributed by atoms with Crippen molar-refractivity contribution in [2.45, 2.75) is 6.54 Å². The molecule has 0 unspecified atom stereocenters. The fourth-order valence-corrected chi connectivity index (χ4v) is 1.62. The first-order valence-electron chi connectivity index (χ1n) is 5.35. The minimum absolute atomic E-state index is 0.617. The van der Waals surface area contributed by atoms with Gasteiger partial charge in [-0.3, -0.25) is 4.68 Å². The van der Waals surface area contributed by atoms with Gasteiger partial charge in [0.05, 0.1) is 30.7 Å². The number of nitrogens with two attached hydrogens (primary N) is 1. The minimum Gasteiger partial charge on any atom is -0.495 e. The van der Waals surface area contributed by atoms with E-state index in [1.807, 2.05) is 37.5 Å². The van der Waals surface area contributed by atoms with Gasteiger partial charge in [0.15, 0.2) is 0 Å². The molecule has 0 fully saturated rings. The summed E-state index contributed by atoms with van der Waals surface area (Å²) >= 11 is 0. The molecule has 1 heterocycles. The molecule has 5 nitrogen and oxygen atoms in total. The highest BCUT2D eigenvalue weighted by atomic mass is 16.5. The molecule has 0 saturated heterocycles. The molecule has 2 rings (SSSR count). The zero-order chi connectivity index (χ0) is 12.3. The highest BCUT2D eigenvalue weighted by Crippen LogP contribution is 2.29. The van der Waals surface area contributed by atoms with E-state index in [0.717, 1.165) is 11.4 Å². The largest absolute Gasteiger partial charge is 0.495 e. The number of anilines is 2. The molecule has 5 heteroatoms. The predicted octanol–water partition coefficient (Wildman–Crippen LogP) is 1.62. The molecule has 1 aromatic heterocycles. The Morgan fingerprint density at radius 2 is 2.24 bits per heavy atom. The number of aromatic nitrogens is 2. The molecule has 0 amide bonds. The summed E-state index contributed by atoms with van der Waals surface area (Å²) in [6.45, 7) is 0.637. The lowest BCUT2D eigenvalue weighted by molar-refractivity contribution is 0.417. The number of ether oxygens (including phenoxy) is 1. The van der Waals surface area contributed by atoms with Crippen molar-refractivity contribution >= 4 is 11.4 Å². The van der Waals surface area contributed by atoms with Gasteiger partial charge in [0, 0.05) is 13.2 Å². The molecular weight excluding hydrogens is 216 g/mol. The van der Waals surface area contributed by atoms with Crippen LogP contribution in [0.3, 0.4) is 0 Å². The number of rotatable bonds is 4. The molecule has 0 spiro atoms. The van der Waals surface area contributed by atoms with Crippen molar-refractivity contribution in [2.75, 3.05) is 18.2 Å². The topological polar surface area (TPSA) is 65.1 Å². The van der Waals surface area contributed by atoms with Gasteiger partial charge in [0.2, 0.25) is 0 Å². The number of benzene rings is 1. The summed E-state index contributed by atoms with van der Waals surface area (Å²) in [6, 6.07) is 7.61. The molecule has 1 aromatic carbocycles. The van der Waals surface area contributed by atoms with E-state index in [0.29, 0.717) is 18.0 Å². The lowest BCUT2D eigenvalue weighted by atomic mass is 10.2. The molecule has 0 saturated carbocycles. The second-order valence-electron chi connectivity index (χ2n) is 3.76. The maximum absolute atomic E-state index is 5.95. The molecule has 2 aromatic rings. The smallest absolute Gasteiger partial charge is 0.143 e. The van der Waals surface area contributed by atoms with E-state index in [-0.39, 0.29) is 0 Å². The molecule has 3 N–H and O–H groups in total. The van der Waals surface area contributed by atoms with E-state index in [1.54, 1.807) is 11.8 Å². The van der Waals surface area contributed by atoms with Gasteiger partial charge in [-0.05, 0) is 18.2 Å². The SMILES string of the molecule is COc1cccc(NCc2ccn(C)n2)c1N. The maximum Gasteiger partial charge on any atom is 0.143 e. The molecule has 0 atom stereocenters. The number of nitrogens with zero attached hydrogens (tertiary/aromatic N) is 2. The molecule has 17 heavy (non-hydrogen) atoms. The van der Waals surface area contributed by atoms with Gasteiger partial charge in [0.1, 0.15) is 5.75 Å². The number of aryl methyl sites for hydroxylation is 1. The van der Waals surface area contributed by atoms with E-state index in [4.69, 9.17) is 10.5 Å². The first kappa shape index (κ1) is 11.3. The fourth-order valence-electron chi connectivity index (χ4n) is 1.62. The Morgan fingerprint density at radius 3 is 2.88 bits per heavy atom. The normalized spacial score (nSPS) is 10.2. The van der Waals surface area contributed by atoms with Crippen LogP contribution in [0.1, 0.15) is 5.69 Å². The second-order valence-corrected chi connectivity index (χ2v) is 3.76. The van der Waals surface area contributed by atoms with Crippen LogP contribution < -0.4 is 15.8 Å². The van der Waals surface area contributed by atoms with Crippen LogP contribution in [0.2, 0.25) is 0 Å².